The number of aryl methyl sites for hydroxylation is 2. The van der Waals surface area contributed by atoms with E-state index in [2.05, 4.69) is 26.1 Å². The summed E-state index contributed by atoms with van der Waals surface area (Å²) in [6.45, 7) is 2.55. The predicted molar refractivity (Wildman–Crippen MR) is 61.4 cm³/mol. The molecule has 2 aromatic heterocycles. The molecule has 2 aromatic rings. The van der Waals surface area contributed by atoms with Crippen LogP contribution in [-0.4, -0.2) is 19.6 Å². The smallest absolute Gasteiger partial charge is 0.136 e. The van der Waals surface area contributed by atoms with Crippen molar-refractivity contribution in [3.63, 3.8) is 0 Å². The van der Waals surface area contributed by atoms with Crippen LogP contribution in [0.25, 0.3) is 0 Å². The van der Waals surface area contributed by atoms with Gasteiger partial charge in [-0.15, -0.1) is 0 Å². The van der Waals surface area contributed by atoms with E-state index in [1.165, 1.54) is 0 Å². The van der Waals surface area contributed by atoms with E-state index in [9.17, 15) is 0 Å². The van der Waals surface area contributed by atoms with E-state index < -0.39 is 0 Å². The average Bonchev–Trinajstić information content (AvgIpc) is 2.69. The minimum atomic E-state index is 0.634. The highest BCUT2D eigenvalue weighted by atomic mass is 79.9. The third-order valence-corrected chi connectivity index (χ3v) is 3.31. The van der Waals surface area contributed by atoms with Gasteiger partial charge in [-0.05, 0) is 28.9 Å². The van der Waals surface area contributed by atoms with Crippen LogP contribution < -0.4 is 5.73 Å². The van der Waals surface area contributed by atoms with Gasteiger partial charge in [0.25, 0.3) is 0 Å². The Bertz CT molecular complexity index is 485. The van der Waals surface area contributed by atoms with Crippen LogP contribution in [-0.2, 0) is 13.6 Å². The van der Waals surface area contributed by atoms with E-state index >= 15 is 0 Å². The van der Waals surface area contributed by atoms with Crippen molar-refractivity contribution >= 4 is 21.7 Å². The van der Waals surface area contributed by atoms with Crippen LogP contribution in [0.2, 0.25) is 0 Å². The van der Waals surface area contributed by atoms with Gasteiger partial charge >= 0.3 is 0 Å². The van der Waals surface area contributed by atoms with Crippen LogP contribution in [0.3, 0.4) is 0 Å². The van der Waals surface area contributed by atoms with Crippen molar-refractivity contribution in [1.82, 2.24) is 19.6 Å². The molecule has 15 heavy (non-hydrogen) atoms. The quantitative estimate of drug-likeness (QED) is 0.895. The lowest BCUT2D eigenvalue weighted by atomic mass is 10.4. The summed E-state index contributed by atoms with van der Waals surface area (Å²) in [4.78, 5) is 0. The van der Waals surface area contributed by atoms with Crippen molar-refractivity contribution < 1.29 is 0 Å². The molecule has 0 aliphatic carbocycles. The molecule has 2 N–H and O–H groups in total. The SMILES string of the molecule is Cc1nn(Cc2ccnn2C)c(N)c1Br. The Kier molecular flexibility index (Phi) is 2.52. The van der Waals surface area contributed by atoms with Gasteiger partial charge in [-0.25, -0.2) is 4.68 Å². The molecule has 6 heteroatoms. The Hall–Kier alpha value is -1.30. The lowest BCUT2D eigenvalue weighted by Gasteiger charge is -2.04. The maximum Gasteiger partial charge on any atom is 0.136 e. The molecule has 0 bridgehead atoms. The Balaban J connectivity index is 2.33. The summed E-state index contributed by atoms with van der Waals surface area (Å²) < 4.78 is 4.44. The van der Waals surface area contributed by atoms with Crippen molar-refractivity contribution in [2.75, 3.05) is 5.73 Å². The summed E-state index contributed by atoms with van der Waals surface area (Å²) >= 11 is 3.39. The Labute approximate surface area is 96.0 Å². The van der Waals surface area contributed by atoms with Crippen LogP contribution >= 0.6 is 15.9 Å². The number of rotatable bonds is 2. The van der Waals surface area contributed by atoms with Gasteiger partial charge in [-0.3, -0.25) is 4.68 Å². The maximum absolute atomic E-state index is 5.89. The van der Waals surface area contributed by atoms with Crippen molar-refractivity contribution in [2.24, 2.45) is 7.05 Å². The molecule has 5 nitrogen and oxygen atoms in total. The topological polar surface area (TPSA) is 61.7 Å². The van der Waals surface area contributed by atoms with Crippen LogP contribution in [0.5, 0.6) is 0 Å². The number of hydrogen-bond donors (Lipinski definition) is 1. The second-order valence-electron chi connectivity index (χ2n) is 3.39. The molecule has 0 aliphatic rings. The van der Waals surface area contributed by atoms with Crippen LogP contribution in [0.4, 0.5) is 5.82 Å². The second kappa shape index (κ2) is 3.69. The van der Waals surface area contributed by atoms with Crippen molar-refractivity contribution in [2.45, 2.75) is 13.5 Å². The Morgan fingerprint density at radius 1 is 1.53 bits per heavy atom. The van der Waals surface area contributed by atoms with Crippen molar-refractivity contribution in [3.8, 4) is 0 Å². The molecule has 0 unspecified atom stereocenters. The number of nitrogens with two attached hydrogens (primary N) is 1. The van der Waals surface area contributed by atoms with Gasteiger partial charge in [0.05, 0.1) is 22.4 Å². The van der Waals surface area contributed by atoms with Gasteiger partial charge < -0.3 is 5.73 Å². The lowest BCUT2D eigenvalue weighted by molar-refractivity contribution is 0.622. The van der Waals surface area contributed by atoms with Gasteiger partial charge in [0.2, 0.25) is 0 Å². The molecule has 0 aliphatic heterocycles. The van der Waals surface area contributed by atoms with Crippen molar-refractivity contribution in [3.05, 3.63) is 28.1 Å². The summed E-state index contributed by atoms with van der Waals surface area (Å²) in [5, 5.41) is 8.42. The largest absolute Gasteiger partial charge is 0.383 e. The number of aromatic nitrogens is 4. The van der Waals surface area contributed by atoms with E-state index in [0.717, 1.165) is 15.9 Å². The second-order valence-corrected chi connectivity index (χ2v) is 4.18. The number of anilines is 1. The molecular weight excluding hydrogens is 258 g/mol. The molecule has 0 spiro atoms. The van der Waals surface area contributed by atoms with Gasteiger partial charge in [0, 0.05) is 13.2 Å². The zero-order chi connectivity index (χ0) is 11.0. The zero-order valence-corrected chi connectivity index (χ0v) is 10.2. The lowest BCUT2D eigenvalue weighted by Crippen LogP contribution is -2.09. The number of nitrogens with zero attached hydrogens (tertiary/aromatic N) is 4. The third kappa shape index (κ3) is 1.77. The fourth-order valence-corrected chi connectivity index (χ4v) is 1.69. The molecule has 0 amide bonds. The van der Waals surface area contributed by atoms with Gasteiger partial charge in [0.1, 0.15) is 5.82 Å². The molecule has 0 saturated heterocycles. The van der Waals surface area contributed by atoms with Crippen LogP contribution in [0.15, 0.2) is 16.7 Å². The monoisotopic (exact) mass is 269 g/mol. The molecule has 0 atom stereocenters. The predicted octanol–water partition coefficient (Wildman–Crippen LogP) is 1.32. The van der Waals surface area contributed by atoms with Crippen LogP contribution in [0.1, 0.15) is 11.4 Å². The maximum atomic E-state index is 5.89. The Morgan fingerprint density at radius 2 is 2.27 bits per heavy atom. The molecule has 0 aromatic carbocycles. The first kappa shape index (κ1) is 10.2. The molecule has 2 rings (SSSR count). The standard InChI is InChI=1S/C9H12BrN5/c1-6-8(10)9(11)15(13-6)5-7-3-4-12-14(7)2/h3-4H,5,11H2,1-2H3. The highest BCUT2D eigenvalue weighted by Crippen LogP contribution is 2.23. The van der Waals surface area contributed by atoms with Crippen molar-refractivity contribution in [1.29, 1.82) is 0 Å². The normalized spacial score (nSPS) is 10.9. The third-order valence-electron chi connectivity index (χ3n) is 2.33. The van der Waals surface area contributed by atoms with E-state index in [-0.39, 0.29) is 0 Å². The number of nitrogen functional groups attached to an aromatic ring is 1. The van der Waals surface area contributed by atoms with E-state index in [4.69, 9.17) is 5.73 Å². The average molecular weight is 270 g/mol. The number of hydrogen-bond acceptors (Lipinski definition) is 3. The summed E-state index contributed by atoms with van der Waals surface area (Å²) in [7, 11) is 1.90. The van der Waals surface area contributed by atoms with Crippen LogP contribution in [0, 0.1) is 6.92 Å². The van der Waals surface area contributed by atoms with E-state index in [1.54, 1.807) is 10.9 Å². The fraction of sp³-hybridized carbons (Fsp3) is 0.333. The van der Waals surface area contributed by atoms with Gasteiger partial charge in [-0.1, -0.05) is 0 Å². The molecule has 2 heterocycles. The summed E-state index contributed by atoms with van der Waals surface area (Å²) in [6, 6.07) is 1.95. The zero-order valence-electron chi connectivity index (χ0n) is 8.61. The first-order valence-electron chi connectivity index (χ1n) is 4.55. The molecule has 0 fully saturated rings. The Morgan fingerprint density at radius 3 is 2.73 bits per heavy atom. The highest BCUT2D eigenvalue weighted by Gasteiger charge is 2.10. The minimum Gasteiger partial charge on any atom is -0.383 e. The first-order valence-corrected chi connectivity index (χ1v) is 5.34. The molecular formula is C9H12BrN5. The molecule has 80 valence electrons. The first-order chi connectivity index (χ1) is 7.09. The van der Waals surface area contributed by atoms with Gasteiger partial charge in [-0.2, -0.15) is 10.2 Å². The van der Waals surface area contributed by atoms with E-state index in [0.29, 0.717) is 12.4 Å². The fourth-order valence-electron chi connectivity index (χ4n) is 1.41. The number of halogens is 1. The summed E-state index contributed by atoms with van der Waals surface area (Å²) in [5.41, 5.74) is 7.86. The van der Waals surface area contributed by atoms with E-state index in [1.807, 2.05) is 24.7 Å². The molecule has 0 saturated carbocycles. The highest BCUT2D eigenvalue weighted by molar-refractivity contribution is 9.10. The molecule has 0 radical (unpaired) electrons. The summed E-state index contributed by atoms with van der Waals surface area (Å²) in [6.07, 6.45) is 1.76. The summed E-state index contributed by atoms with van der Waals surface area (Å²) in [5.74, 6) is 0.647. The van der Waals surface area contributed by atoms with Gasteiger partial charge in [0.15, 0.2) is 0 Å². The minimum absolute atomic E-state index is 0.634.